The van der Waals surface area contributed by atoms with Gasteiger partial charge in [-0.3, -0.25) is 0 Å². The molecular formula is C11H18N4. The van der Waals surface area contributed by atoms with Gasteiger partial charge in [0.05, 0.1) is 0 Å². The third-order valence-corrected chi connectivity index (χ3v) is 2.73. The summed E-state index contributed by atoms with van der Waals surface area (Å²) < 4.78 is 0. The molecule has 2 heterocycles. The maximum atomic E-state index is 4.55. The highest BCUT2D eigenvalue weighted by Crippen LogP contribution is 2.21. The van der Waals surface area contributed by atoms with Crippen LogP contribution in [0, 0.1) is 6.92 Å². The van der Waals surface area contributed by atoms with Gasteiger partial charge >= 0.3 is 0 Å². The van der Waals surface area contributed by atoms with Crippen LogP contribution in [-0.4, -0.2) is 30.1 Å². The molecule has 82 valence electrons. The third kappa shape index (κ3) is 2.26. The molecule has 2 rings (SSSR count). The van der Waals surface area contributed by atoms with Crippen LogP contribution in [0.25, 0.3) is 0 Å². The number of anilines is 1. The zero-order valence-electron chi connectivity index (χ0n) is 9.45. The fraction of sp³-hybridized carbons (Fsp3) is 0.636. The minimum absolute atomic E-state index is 0.839. The lowest BCUT2D eigenvalue weighted by Gasteiger charge is -2.19. The Kier molecular flexibility index (Phi) is 3.16. The van der Waals surface area contributed by atoms with Crippen LogP contribution in [0.15, 0.2) is 6.20 Å². The number of rotatable bonds is 3. The maximum absolute atomic E-state index is 4.55. The Morgan fingerprint density at radius 2 is 2.13 bits per heavy atom. The monoisotopic (exact) mass is 206 g/mol. The number of hydrogen-bond acceptors (Lipinski definition) is 4. The van der Waals surface area contributed by atoms with Gasteiger partial charge in [0.25, 0.3) is 0 Å². The smallest absolute Gasteiger partial charge is 0.136 e. The van der Waals surface area contributed by atoms with Crippen LogP contribution in [0.2, 0.25) is 0 Å². The van der Waals surface area contributed by atoms with Crippen LogP contribution < -0.4 is 10.2 Å². The molecule has 1 aliphatic rings. The summed E-state index contributed by atoms with van der Waals surface area (Å²) in [5.74, 6) is 1.98. The molecule has 0 unspecified atom stereocenters. The standard InChI is InChI=1S/C11H18N4/c1-9-13-8-10(7-12-2)11(14-9)15-5-3-4-6-15/h8,12H,3-7H2,1-2H3. The van der Waals surface area contributed by atoms with Crippen LogP contribution in [0.4, 0.5) is 5.82 Å². The zero-order chi connectivity index (χ0) is 10.7. The summed E-state index contributed by atoms with van der Waals surface area (Å²) in [5.41, 5.74) is 1.20. The molecular weight excluding hydrogens is 188 g/mol. The zero-order valence-corrected chi connectivity index (χ0v) is 9.45. The molecule has 4 heteroatoms. The van der Waals surface area contributed by atoms with Gasteiger partial charge in [-0.2, -0.15) is 0 Å². The van der Waals surface area contributed by atoms with E-state index in [1.807, 2.05) is 20.2 Å². The Hall–Kier alpha value is -1.16. The first kappa shape index (κ1) is 10.4. The number of aryl methyl sites for hydroxylation is 1. The minimum atomic E-state index is 0.839. The third-order valence-electron chi connectivity index (χ3n) is 2.73. The maximum Gasteiger partial charge on any atom is 0.136 e. The summed E-state index contributed by atoms with van der Waals surface area (Å²) in [6, 6.07) is 0. The highest BCUT2D eigenvalue weighted by molar-refractivity contribution is 5.46. The molecule has 1 aromatic heterocycles. The average Bonchev–Trinajstić information content (AvgIpc) is 2.74. The Balaban J connectivity index is 2.28. The molecule has 0 radical (unpaired) electrons. The number of nitrogens with one attached hydrogen (secondary N) is 1. The van der Waals surface area contributed by atoms with Gasteiger partial charge in [-0.15, -0.1) is 0 Å². The number of nitrogens with zero attached hydrogens (tertiary/aromatic N) is 3. The van der Waals surface area contributed by atoms with Crippen LogP contribution in [0.5, 0.6) is 0 Å². The molecule has 15 heavy (non-hydrogen) atoms. The lowest BCUT2D eigenvalue weighted by atomic mass is 10.3. The van der Waals surface area contributed by atoms with Gasteiger partial charge < -0.3 is 10.2 Å². The van der Waals surface area contributed by atoms with Crippen LogP contribution in [-0.2, 0) is 6.54 Å². The topological polar surface area (TPSA) is 41.1 Å². The SMILES string of the molecule is CNCc1cnc(C)nc1N1CCCC1. The van der Waals surface area contributed by atoms with Gasteiger partial charge in [-0.1, -0.05) is 0 Å². The highest BCUT2D eigenvalue weighted by atomic mass is 15.2. The molecule has 1 fully saturated rings. The fourth-order valence-electron chi connectivity index (χ4n) is 2.00. The van der Waals surface area contributed by atoms with E-state index in [1.54, 1.807) is 0 Å². The minimum Gasteiger partial charge on any atom is -0.356 e. The molecule has 1 N–H and O–H groups in total. The largest absolute Gasteiger partial charge is 0.356 e. The second kappa shape index (κ2) is 4.57. The molecule has 1 saturated heterocycles. The second-order valence-electron chi connectivity index (χ2n) is 3.99. The van der Waals surface area contributed by atoms with Crippen LogP contribution in [0.3, 0.4) is 0 Å². The van der Waals surface area contributed by atoms with Crippen molar-refractivity contribution >= 4 is 5.82 Å². The van der Waals surface area contributed by atoms with E-state index in [9.17, 15) is 0 Å². The molecule has 0 amide bonds. The van der Waals surface area contributed by atoms with Crippen molar-refractivity contribution in [3.05, 3.63) is 17.6 Å². The van der Waals surface area contributed by atoms with Crippen molar-refractivity contribution in [2.75, 3.05) is 25.0 Å². The number of hydrogen-bond donors (Lipinski definition) is 1. The normalized spacial score (nSPS) is 16.0. The first-order chi connectivity index (χ1) is 7.31. The molecule has 0 spiro atoms. The Morgan fingerprint density at radius 3 is 2.80 bits per heavy atom. The van der Waals surface area contributed by atoms with Crippen molar-refractivity contribution < 1.29 is 0 Å². The van der Waals surface area contributed by atoms with Crippen molar-refractivity contribution in [1.29, 1.82) is 0 Å². The fourth-order valence-corrected chi connectivity index (χ4v) is 2.00. The van der Waals surface area contributed by atoms with E-state index in [2.05, 4.69) is 20.2 Å². The van der Waals surface area contributed by atoms with Gasteiger partial charge in [0.2, 0.25) is 0 Å². The van der Waals surface area contributed by atoms with Crippen LogP contribution >= 0.6 is 0 Å². The van der Waals surface area contributed by atoms with Gasteiger partial charge in [0.15, 0.2) is 0 Å². The highest BCUT2D eigenvalue weighted by Gasteiger charge is 2.17. The van der Waals surface area contributed by atoms with Crippen molar-refractivity contribution in [3.63, 3.8) is 0 Å². The van der Waals surface area contributed by atoms with Crippen molar-refractivity contribution in [1.82, 2.24) is 15.3 Å². The van der Waals surface area contributed by atoms with Crippen LogP contribution in [0.1, 0.15) is 24.2 Å². The Bertz CT molecular complexity index is 331. The molecule has 0 bridgehead atoms. The van der Waals surface area contributed by atoms with E-state index >= 15 is 0 Å². The molecule has 0 atom stereocenters. The summed E-state index contributed by atoms with van der Waals surface area (Å²) in [6.45, 7) is 5.05. The quantitative estimate of drug-likeness (QED) is 0.804. The number of aromatic nitrogens is 2. The van der Waals surface area contributed by atoms with E-state index in [0.29, 0.717) is 0 Å². The van der Waals surface area contributed by atoms with E-state index in [-0.39, 0.29) is 0 Å². The van der Waals surface area contributed by atoms with Gasteiger partial charge in [0.1, 0.15) is 11.6 Å². The second-order valence-corrected chi connectivity index (χ2v) is 3.99. The van der Waals surface area contributed by atoms with Crippen molar-refractivity contribution in [3.8, 4) is 0 Å². The molecule has 4 nitrogen and oxygen atoms in total. The molecule has 1 aliphatic heterocycles. The van der Waals surface area contributed by atoms with Gasteiger partial charge in [0, 0.05) is 31.4 Å². The molecule has 0 aromatic carbocycles. The summed E-state index contributed by atoms with van der Waals surface area (Å²) >= 11 is 0. The van der Waals surface area contributed by atoms with E-state index in [1.165, 1.54) is 18.4 Å². The molecule has 0 aliphatic carbocycles. The summed E-state index contributed by atoms with van der Waals surface area (Å²) in [5, 5.41) is 3.16. The lowest BCUT2D eigenvalue weighted by Crippen LogP contribution is -2.23. The summed E-state index contributed by atoms with van der Waals surface area (Å²) in [4.78, 5) is 11.2. The lowest BCUT2D eigenvalue weighted by molar-refractivity contribution is 0.786. The first-order valence-electron chi connectivity index (χ1n) is 5.53. The van der Waals surface area contributed by atoms with Crippen molar-refractivity contribution in [2.45, 2.75) is 26.3 Å². The van der Waals surface area contributed by atoms with Gasteiger partial charge in [-0.25, -0.2) is 9.97 Å². The predicted molar refractivity (Wildman–Crippen MR) is 61.0 cm³/mol. The average molecular weight is 206 g/mol. The predicted octanol–water partition coefficient (Wildman–Crippen LogP) is 1.10. The van der Waals surface area contributed by atoms with E-state index in [0.717, 1.165) is 31.3 Å². The van der Waals surface area contributed by atoms with Gasteiger partial charge in [-0.05, 0) is 26.8 Å². The van der Waals surface area contributed by atoms with Crippen molar-refractivity contribution in [2.24, 2.45) is 0 Å². The first-order valence-corrected chi connectivity index (χ1v) is 5.53. The van der Waals surface area contributed by atoms with E-state index < -0.39 is 0 Å². The van der Waals surface area contributed by atoms with E-state index in [4.69, 9.17) is 0 Å². The summed E-state index contributed by atoms with van der Waals surface area (Å²) in [7, 11) is 1.95. The summed E-state index contributed by atoms with van der Waals surface area (Å²) in [6.07, 6.45) is 4.50. The molecule has 1 aromatic rings. The Morgan fingerprint density at radius 1 is 1.40 bits per heavy atom. The molecule has 0 saturated carbocycles. The Labute approximate surface area is 90.7 Å².